The number of benzene rings is 6. The molecule has 0 aliphatic rings. The van der Waals surface area contributed by atoms with Crippen molar-refractivity contribution in [3.05, 3.63) is 173 Å². The Morgan fingerprint density at radius 1 is 0.673 bits per heavy atom. The second-order valence-electron chi connectivity index (χ2n) is 15.0. The minimum atomic E-state index is -2.02. The van der Waals surface area contributed by atoms with E-state index in [-0.39, 0.29) is 25.7 Å². The van der Waals surface area contributed by atoms with Crippen molar-refractivity contribution >= 4 is 70.7 Å². The van der Waals surface area contributed by atoms with Crippen LogP contribution in [-0.2, 0) is 26.5 Å². The molecule has 0 aliphatic heterocycles. The topological polar surface area (TPSA) is 25.8 Å². The Bertz CT molecular complexity index is 2940. The number of thiophene rings is 1. The van der Waals surface area contributed by atoms with Crippen LogP contribution < -0.4 is 4.40 Å². The molecule has 0 saturated heterocycles. The van der Waals surface area contributed by atoms with Gasteiger partial charge in [0.1, 0.15) is 5.82 Å². The molecule has 1 radical (unpaired) electrons. The van der Waals surface area contributed by atoms with Gasteiger partial charge in [0.2, 0.25) is 0 Å². The van der Waals surface area contributed by atoms with E-state index in [0.29, 0.717) is 11.3 Å². The first kappa shape index (κ1) is 36.1. The van der Waals surface area contributed by atoms with Gasteiger partial charge in [-0.25, -0.2) is 4.39 Å². The summed E-state index contributed by atoms with van der Waals surface area (Å²) in [4.78, 5) is 8.99. The molecule has 275 valence electrons. The molecule has 3 aromatic heterocycles. The number of hydrogen-bond acceptors (Lipinski definition) is 3. The standard InChI is InChI=1S/C34H23FNS.C15H18GeN.Ir/c1-20-5-3-6-22(15-20)17-24-18-32(36-19-31(24)35)30-8-4-7-27-29-14-13-26-25-11-9-21(2)16-23(25)10-12-28(26)33(29)37-34(27)30;1-12-10-15(13-8-6-5-7-9-13)17-11-14(12)16(2,3)4;/h3-7,9-16,18-19H,17H2,1-2H3;5-8,10-11H,1-4H3;/q2*-1;/i17D2;;. The molecule has 6 aromatic carbocycles. The van der Waals surface area contributed by atoms with E-state index in [0.717, 1.165) is 44.1 Å². The van der Waals surface area contributed by atoms with Crippen molar-refractivity contribution in [1.82, 2.24) is 9.97 Å². The summed E-state index contributed by atoms with van der Waals surface area (Å²) in [6, 6.07) is 44.7. The van der Waals surface area contributed by atoms with E-state index in [9.17, 15) is 0 Å². The normalized spacial score (nSPS) is 12.3. The summed E-state index contributed by atoms with van der Waals surface area (Å²) in [5.74, 6) is 6.54. The fourth-order valence-corrected chi connectivity index (χ4v) is 12.2. The molecule has 0 saturated carbocycles. The zero-order chi connectivity index (χ0) is 39.4. The number of hydrogen-bond donors (Lipinski definition) is 0. The fraction of sp³-hybridized carbons (Fsp3) is 0.143. The second kappa shape index (κ2) is 15.9. The predicted octanol–water partition coefficient (Wildman–Crippen LogP) is 13.0. The number of fused-ring (bicyclic) bond motifs is 7. The number of rotatable bonds is 5. The minimum Gasteiger partial charge on any atom is -0.302 e. The number of nitrogens with zero attached hydrogens (tertiary/aromatic N) is 2. The summed E-state index contributed by atoms with van der Waals surface area (Å²) in [5.41, 5.74) is 7.27. The Balaban J connectivity index is 0.000000232. The summed E-state index contributed by atoms with van der Waals surface area (Å²) in [7, 11) is 0. The molecular formula is C49H41FGeIrN2S-2. The van der Waals surface area contributed by atoms with Crippen LogP contribution in [-0.4, -0.2) is 23.2 Å². The second-order valence-corrected chi connectivity index (χ2v) is 26.6. The van der Waals surface area contributed by atoms with Gasteiger partial charge in [0, 0.05) is 27.5 Å². The molecule has 0 fully saturated rings. The van der Waals surface area contributed by atoms with Gasteiger partial charge in [-0.05, 0) is 68.7 Å². The van der Waals surface area contributed by atoms with Crippen molar-refractivity contribution in [2.24, 2.45) is 0 Å². The Morgan fingerprint density at radius 3 is 2.16 bits per heavy atom. The van der Waals surface area contributed by atoms with Crippen molar-refractivity contribution in [3.8, 4) is 22.5 Å². The van der Waals surface area contributed by atoms with E-state index in [1.807, 2.05) is 37.3 Å². The van der Waals surface area contributed by atoms with Crippen LogP contribution in [0.15, 0.2) is 128 Å². The summed E-state index contributed by atoms with van der Waals surface area (Å²) in [6.07, 6.45) is 1.19. The van der Waals surface area contributed by atoms with E-state index in [1.54, 1.807) is 35.6 Å². The van der Waals surface area contributed by atoms with Crippen LogP contribution in [0.3, 0.4) is 0 Å². The van der Waals surface area contributed by atoms with Crippen molar-refractivity contribution in [1.29, 1.82) is 0 Å². The Morgan fingerprint density at radius 2 is 1.40 bits per heavy atom. The Kier molecular flexibility index (Phi) is 10.5. The first-order chi connectivity index (χ1) is 26.8. The summed E-state index contributed by atoms with van der Waals surface area (Å²) < 4.78 is 36.4. The maximum Gasteiger partial charge on any atom is 0.143 e. The molecule has 3 heterocycles. The zero-order valence-corrected chi connectivity index (χ0v) is 36.9. The Labute approximate surface area is 346 Å². The molecule has 0 aliphatic carbocycles. The van der Waals surface area contributed by atoms with Gasteiger partial charge in [-0.3, -0.25) is 0 Å². The van der Waals surface area contributed by atoms with Gasteiger partial charge in [-0.15, -0.1) is 23.8 Å². The van der Waals surface area contributed by atoms with Gasteiger partial charge < -0.3 is 4.98 Å². The number of aryl methyl sites for hydroxylation is 3. The maximum absolute atomic E-state index is 15.1. The van der Waals surface area contributed by atoms with Gasteiger partial charge >= 0.3 is 106 Å². The quantitative estimate of drug-likeness (QED) is 0.0976. The molecule has 9 rings (SSSR count). The van der Waals surface area contributed by atoms with Crippen LogP contribution in [0, 0.1) is 38.7 Å². The first-order valence-electron chi connectivity index (χ1n) is 19.2. The fourth-order valence-electron chi connectivity index (χ4n) is 7.25. The molecule has 9 aromatic rings. The van der Waals surface area contributed by atoms with Gasteiger partial charge in [0.25, 0.3) is 0 Å². The maximum atomic E-state index is 15.1. The van der Waals surface area contributed by atoms with Crippen LogP contribution in [0.4, 0.5) is 4.39 Å². The largest absolute Gasteiger partial charge is 0.302 e. The van der Waals surface area contributed by atoms with Crippen molar-refractivity contribution in [3.63, 3.8) is 0 Å². The monoisotopic (exact) mass is 977 g/mol. The minimum absolute atomic E-state index is 0. The molecule has 55 heavy (non-hydrogen) atoms. The van der Waals surface area contributed by atoms with Crippen LogP contribution in [0.25, 0.3) is 64.2 Å². The number of halogens is 1. The van der Waals surface area contributed by atoms with Crippen LogP contribution in [0.2, 0.25) is 17.3 Å². The third-order valence-corrected chi connectivity index (χ3v) is 15.6. The van der Waals surface area contributed by atoms with E-state index in [1.165, 1.54) is 41.8 Å². The van der Waals surface area contributed by atoms with Gasteiger partial charge in [-0.2, -0.15) is 11.3 Å². The summed E-state index contributed by atoms with van der Waals surface area (Å²) >= 11 is -0.0911. The summed E-state index contributed by atoms with van der Waals surface area (Å²) in [6.45, 7) is 6.21. The zero-order valence-electron chi connectivity index (χ0n) is 33.6. The van der Waals surface area contributed by atoms with Crippen molar-refractivity contribution in [2.75, 3.05) is 0 Å². The van der Waals surface area contributed by atoms with Gasteiger partial charge in [0.05, 0.1) is 6.20 Å². The van der Waals surface area contributed by atoms with E-state index in [4.69, 9.17) is 2.74 Å². The van der Waals surface area contributed by atoms with Crippen LogP contribution in [0.5, 0.6) is 0 Å². The van der Waals surface area contributed by atoms with Crippen LogP contribution >= 0.6 is 11.3 Å². The van der Waals surface area contributed by atoms with Gasteiger partial charge in [0.15, 0.2) is 0 Å². The summed E-state index contributed by atoms with van der Waals surface area (Å²) in [5, 5.41) is 7.10. The third-order valence-electron chi connectivity index (χ3n) is 9.88. The number of pyridine rings is 2. The van der Waals surface area contributed by atoms with E-state index in [2.05, 4.69) is 120 Å². The molecule has 2 nitrogen and oxygen atoms in total. The van der Waals surface area contributed by atoms with E-state index < -0.39 is 25.5 Å². The molecule has 0 spiro atoms. The van der Waals surface area contributed by atoms with Crippen molar-refractivity contribution < 1.29 is 27.2 Å². The van der Waals surface area contributed by atoms with Crippen LogP contribution in [0.1, 0.15) is 30.6 Å². The molecule has 0 unspecified atom stereocenters. The number of aromatic nitrogens is 2. The molecule has 0 N–H and O–H groups in total. The van der Waals surface area contributed by atoms with Gasteiger partial charge in [-0.1, -0.05) is 89.3 Å². The molecule has 0 atom stereocenters. The first-order valence-corrected chi connectivity index (χ1v) is 26.3. The molecule has 0 amide bonds. The van der Waals surface area contributed by atoms with E-state index >= 15 is 4.39 Å². The molecular weight excluding hydrogens is 932 g/mol. The average Bonchev–Trinajstić information content (AvgIpc) is 3.57. The average molecular weight is 976 g/mol. The van der Waals surface area contributed by atoms with Crippen molar-refractivity contribution in [2.45, 2.75) is 44.4 Å². The Hall–Kier alpha value is -4.52. The smallest absolute Gasteiger partial charge is 0.143 e. The SMILES string of the molecule is Cc1cc(-c2[c-]cccc2)nc[c]1[Ge]([CH3])([CH3])[CH3].[2H]C([2H])(c1cccc(C)c1)c1cc(-c2[c-]ccc3c2sc2c3ccc3c4ccc(C)cc4ccc32)ncc1F.[Ir]. The molecule has 6 heteroatoms. The predicted molar refractivity (Wildman–Crippen MR) is 231 cm³/mol. The third kappa shape index (κ3) is 7.95. The molecule has 0 bridgehead atoms.